The second kappa shape index (κ2) is 7.49. The average molecular weight is 317 g/mol. The summed E-state index contributed by atoms with van der Waals surface area (Å²) in [5, 5.41) is 2.07. The number of carbonyl (C=O) groups is 1. The summed E-state index contributed by atoms with van der Waals surface area (Å²) >= 11 is 1.70. The zero-order valence-corrected chi connectivity index (χ0v) is 14.5. The largest absolute Gasteiger partial charge is 0.331 e. The molecule has 0 saturated carbocycles. The molecule has 4 nitrogen and oxygen atoms in total. The molecule has 0 fully saturated rings. The summed E-state index contributed by atoms with van der Waals surface area (Å²) in [7, 11) is 0. The summed E-state index contributed by atoms with van der Waals surface area (Å²) in [6.07, 6.45) is 4.98. The van der Waals surface area contributed by atoms with Crippen molar-refractivity contribution in [3.8, 4) is 0 Å². The Balaban J connectivity index is 2.23. The Morgan fingerprint density at radius 1 is 1.32 bits per heavy atom. The second-order valence-corrected chi connectivity index (χ2v) is 6.46. The van der Waals surface area contributed by atoms with Crippen molar-refractivity contribution in [3.63, 3.8) is 0 Å². The van der Waals surface area contributed by atoms with Crippen LogP contribution in [0.15, 0.2) is 23.8 Å². The fraction of sp³-hybridized carbons (Fsp3) is 0.471. The van der Waals surface area contributed by atoms with E-state index in [2.05, 4.69) is 42.2 Å². The Bertz CT molecular complexity index is 621. The van der Waals surface area contributed by atoms with Crippen LogP contribution in [0.3, 0.4) is 0 Å². The van der Waals surface area contributed by atoms with E-state index in [1.807, 2.05) is 11.8 Å². The molecule has 0 aliphatic heterocycles. The highest BCUT2D eigenvalue weighted by atomic mass is 32.1. The molecule has 0 spiro atoms. The maximum absolute atomic E-state index is 12.8. The molecule has 22 heavy (non-hydrogen) atoms. The van der Waals surface area contributed by atoms with Gasteiger partial charge in [-0.3, -0.25) is 4.79 Å². The van der Waals surface area contributed by atoms with Crippen LogP contribution in [0.1, 0.15) is 53.8 Å². The van der Waals surface area contributed by atoms with E-state index >= 15 is 0 Å². The molecule has 2 rings (SSSR count). The fourth-order valence-corrected chi connectivity index (χ4v) is 3.09. The SMILES string of the molecule is CCc1ncc(C(=O)N(Cc2sccc2C)C(C)CC)cn1. The minimum absolute atomic E-state index is 0.00445. The molecule has 0 aliphatic rings. The number of hydrogen-bond acceptors (Lipinski definition) is 4. The number of thiophene rings is 1. The lowest BCUT2D eigenvalue weighted by atomic mass is 10.1. The van der Waals surface area contributed by atoms with E-state index in [4.69, 9.17) is 0 Å². The van der Waals surface area contributed by atoms with Crippen LogP contribution in [-0.2, 0) is 13.0 Å². The summed E-state index contributed by atoms with van der Waals surface area (Å²) in [6, 6.07) is 2.28. The first-order valence-corrected chi connectivity index (χ1v) is 8.59. The Kier molecular flexibility index (Phi) is 5.66. The van der Waals surface area contributed by atoms with E-state index in [1.165, 1.54) is 10.4 Å². The van der Waals surface area contributed by atoms with Crippen LogP contribution in [0, 0.1) is 6.92 Å². The van der Waals surface area contributed by atoms with Crippen LogP contribution in [0.2, 0.25) is 0 Å². The summed E-state index contributed by atoms with van der Waals surface area (Å²) in [5.41, 5.74) is 1.80. The highest BCUT2D eigenvalue weighted by Gasteiger charge is 2.22. The van der Waals surface area contributed by atoms with Crippen LogP contribution < -0.4 is 0 Å². The van der Waals surface area contributed by atoms with Gasteiger partial charge in [-0.1, -0.05) is 13.8 Å². The zero-order valence-electron chi connectivity index (χ0n) is 13.7. The Morgan fingerprint density at radius 2 is 2.00 bits per heavy atom. The minimum Gasteiger partial charge on any atom is -0.331 e. The summed E-state index contributed by atoms with van der Waals surface area (Å²) in [5.74, 6) is 0.769. The lowest BCUT2D eigenvalue weighted by Crippen LogP contribution is -2.37. The first-order chi connectivity index (χ1) is 10.6. The molecule has 0 N–H and O–H groups in total. The van der Waals surface area contributed by atoms with E-state index in [0.29, 0.717) is 12.1 Å². The van der Waals surface area contributed by atoms with Crippen molar-refractivity contribution in [1.82, 2.24) is 14.9 Å². The van der Waals surface area contributed by atoms with Crippen LogP contribution in [-0.4, -0.2) is 26.8 Å². The van der Waals surface area contributed by atoms with E-state index in [-0.39, 0.29) is 11.9 Å². The van der Waals surface area contributed by atoms with Crippen molar-refractivity contribution < 1.29 is 4.79 Å². The van der Waals surface area contributed by atoms with Gasteiger partial charge in [-0.25, -0.2) is 9.97 Å². The third kappa shape index (κ3) is 3.71. The predicted octanol–water partition coefficient (Wildman–Crippen LogP) is 3.85. The third-order valence-corrected chi connectivity index (χ3v) is 4.94. The van der Waals surface area contributed by atoms with Gasteiger partial charge in [0.25, 0.3) is 5.91 Å². The van der Waals surface area contributed by atoms with Crippen molar-refractivity contribution in [2.75, 3.05) is 0 Å². The van der Waals surface area contributed by atoms with Gasteiger partial charge >= 0.3 is 0 Å². The van der Waals surface area contributed by atoms with Gasteiger partial charge in [0, 0.05) is 29.7 Å². The van der Waals surface area contributed by atoms with Crippen molar-refractivity contribution in [2.24, 2.45) is 0 Å². The molecule has 2 heterocycles. The number of amides is 1. The Labute approximate surface area is 136 Å². The molecule has 1 amide bonds. The number of aromatic nitrogens is 2. The summed E-state index contributed by atoms with van der Waals surface area (Å²) < 4.78 is 0. The predicted molar refractivity (Wildman–Crippen MR) is 90.1 cm³/mol. The molecular weight excluding hydrogens is 294 g/mol. The second-order valence-electron chi connectivity index (χ2n) is 5.46. The van der Waals surface area contributed by atoms with Gasteiger partial charge in [0.1, 0.15) is 5.82 Å². The van der Waals surface area contributed by atoms with Crippen LogP contribution in [0.25, 0.3) is 0 Å². The van der Waals surface area contributed by atoms with Crippen molar-refractivity contribution in [2.45, 2.75) is 53.1 Å². The molecule has 0 saturated heterocycles. The highest BCUT2D eigenvalue weighted by Crippen LogP contribution is 2.21. The monoisotopic (exact) mass is 317 g/mol. The third-order valence-electron chi connectivity index (χ3n) is 3.93. The molecule has 5 heteroatoms. The van der Waals surface area contributed by atoms with Crippen LogP contribution in [0.5, 0.6) is 0 Å². The maximum atomic E-state index is 12.8. The van der Waals surface area contributed by atoms with Gasteiger partial charge < -0.3 is 4.90 Å². The quantitative estimate of drug-likeness (QED) is 0.813. The van der Waals surface area contributed by atoms with Crippen molar-refractivity contribution in [3.05, 3.63) is 45.7 Å². The zero-order chi connectivity index (χ0) is 16.1. The van der Waals surface area contributed by atoms with Gasteiger partial charge in [-0.2, -0.15) is 0 Å². The van der Waals surface area contributed by atoms with Gasteiger partial charge in [0.15, 0.2) is 0 Å². The van der Waals surface area contributed by atoms with E-state index in [9.17, 15) is 4.79 Å². The number of carbonyl (C=O) groups excluding carboxylic acids is 1. The van der Waals surface area contributed by atoms with Gasteiger partial charge in [-0.15, -0.1) is 11.3 Å². The smallest absolute Gasteiger partial charge is 0.257 e. The van der Waals surface area contributed by atoms with E-state index < -0.39 is 0 Å². The minimum atomic E-state index is 0.00445. The normalized spacial score (nSPS) is 12.2. The summed E-state index contributed by atoms with van der Waals surface area (Å²) in [6.45, 7) is 8.92. The molecule has 1 unspecified atom stereocenters. The molecule has 2 aromatic heterocycles. The molecule has 118 valence electrons. The van der Waals surface area contributed by atoms with Crippen LogP contribution in [0.4, 0.5) is 0 Å². The number of hydrogen-bond donors (Lipinski definition) is 0. The summed E-state index contributed by atoms with van der Waals surface area (Å²) in [4.78, 5) is 24.5. The number of aryl methyl sites for hydroxylation is 2. The lowest BCUT2D eigenvalue weighted by molar-refractivity contribution is 0.0672. The molecular formula is C17H23N3OS. The molecule has 0 bridgehead atoms. The van der Waals surface area contributed by atoms with E-state index in [1.54, 1.807) is 23.7 Å². The molecule has 0 aliphatic carbocycles. The fourth-order valence-electron chi connectivity index (χ4n) is 2.18. The standard InChI is InChI=1S/C17H23N3OS/c1-5-13(4)20(11-15-12(3)7-8-22-15)17(21)14-9-18-16(6-2)19-10-14/h7-10,13H,5-6,11H2,1-4H3. The molecule has 0 radical (unpaired) electrons. The van der Waals surface area contributed by atoms with E-state index in [0.717, 1.165) is 18.7 Å². The average Bonchev–Trinajstić information content (AvgIpc) is 2.96. The highest BCUT2D eigenvalue weighted by molar-refractivity contribution is 7.10. The van der Waals surface area contributed by atoms with Gasteiger partial charge in [0.05, 0.1) is 12.1 Å². The lowest BCUT2D eigenvalue weighted by Gasteiger charge is -2.28. The molecule has 1 atom stereocenters. The van der Waals surface area contributed by atoms with Gasteiger partial charge in [-0.05, 0) is 37.3 Å². The van der Waals surface area contributed by atoms with Crippen LogP contribution >= 0.6 is 11.3 Å². The molecule has 0 aromatic carbocycles. The number of rotatable bonds is 6. The van der Waals surface area contributed by atoms with Crippen molar-refractivity contribution >= 4 is 17.2 Å². The Morgan fingerprint density at radius 3 is 2.50 bits per heavy atom. The topological polar surface area (TPSA) is 46.1 Å². The Hall–Kier alpha value is -1.75. The van der Waals surface area contributed by atoms with Gasteiger partial charge in [0.2, 0.25) is 0 Å². The first kappa shape index (κ1) is 16.6. The van der Waals surface area contributed by atoms with Crippen molar-refractivity contribution in [1.29, 1.82) is 0 Å². The number of nitrogens with zero attached hydrogens (tertiary/aromatic N) is 3. The molecule has 2 aromatic rings. The maximum Gasteiger partial charge on any atom is 0.257 e. The first-order valence-electron chi connectivity index (χ1n) is 7.71.